The molecule has 0 aliphatic carbocycles. The molecule has 2 aromatic heterocycles. The Balaban J connectivity index is 0.915. The zero-order chi connectivity index (χ0) is 35.4. The van der Waals surface area contributed by atoms with E-state index < -0.39 is 5.79 Å². The molecule has 0 saturated carbocycles. The maximum absolute atomic E-state index is 13.0. The quantitative estimate of drug-likeness (QED) is 0.128. The molecule has 0 spiro atoms. The number of piperazine rings is 1. The molecule has 2 saturated heterocycles. The van der Waals surface area contributed by atoms with Gasteiger partial charge in [-0.15, -0.1) is 0 Å². The van der Waals surface area contributed by atoms with Crippen molar-refractivity contribution in [1.82, 2.24) is 23.9 Å². The normalized spacial score (nSPS) is 19.8. The van der Waals surface area contributed by atoms with E-state index in [1.165, 1.54) is 0 Å². The maximum atomic E-state index is 13.0. The van der Waals surface area contributed by atoms with Gasteiger partial charge in [0.05, 0.1) is 36.2 Å². The Bertz CT molecular complexity index is 1940. The Morgan fingerprint density at radius 3 is 2.27 bits per heavy atom. The molecule has 3 atom stereocenters. The minimum atomic E-state index is -1.10. The highest BCUT2D eigenvalue weighted by atomic mass is 35.5. The van der Waals surface area contributed by atoms with E-state index in [0.717, 1.165) is 68.3 Å². The standard InChI is InChI=1S/C38H43Cl2N7O4/c1-3-4-5-28(2)47-37(48)46(27-42-47)32-9-7-30(8-10-32)44-18-20-45(21-19-44)31-11-13-33(14-12-31)49-23-34-24-50-38(51-34,25-43-17-16-41-26-43)35-15-6-29(39)22-36(35)40/h6-17,22,26-28,34H,3-5,18-21,23-25H2,1-2H3/t28?,34-,38-/m1/s1. The summed E-state index contributed by atoms with van der Waals surface area (Å²) in [5, 5.41) is 5.40. The van der Waals surface area contributed by atoms with Crippen LogP contribution in [0.25, 0.3) is 5.69 Å². The van der Waals surface area contributed by atoms with Crippen LogP contribution in [0, 0.1) is 0 Å². The average Bonchev–Trinajstić information content (AvgIpc) is 3.91. The zero-order valence-electron chi connectivity index (χ0n) is 28.9. The number of unbranched alkanes of at least 4 members (excludes halogenated alkanes) is 1. The van der Waals surface area contributed by atoms with Crippen LogP contribution >= 0.6 is 23.2 Å². The van der Waals surface area contributed by atoms with Gasteiger partial charge in [0.1, 0.15) is 24.8 Å². The first kappa shape index (κ1) is 35.1. The van der Waals surface area contributed by atoms with Crippen LogP contribution in [0.3, 0.4) is 0 Å². The Morgan fingerprint density at radius 1 is 0.941 bits per heavy atom. The molecule has 7 rings (SSSR count). The van der Waals surface area contributed by atoms with E-state index in [0.29, 0.717) is 35.4 Å². The van der Waals surface area contributed by atoms with Gasteiger partial charge in [-0.3, -0.25) is 0 Å². The van der Waals surface area contributed by atoms with Crippen LogP contribution in [0.15, 0.2) is 96.6 Å². The number of halogens is 2. The summed E-state index contributed by atoms with van der Waals surface area (Å²) in [5.74, 6) is -0.335. The Hall–Kier alpha value is -4.29. The topological polar surface area (TPSA) is 91.8 Å². The number of hydrogen-bond acceptors (Lipinski definition) is 8. The highest BCUT2D eigenvalue weighted by molar-refractivity contribution is 6.35. The lowest BCUT2D eigenvalue weighted by Crippen LogP contribution is -2.46. The average molecular weight is 733 g/mol. The molecule has 2 aliphatic heterocycles. The first-order chi connectivity index (χ1) is 24.8. The lowest BCUT2D eigenvalue weighted by molar-refractivity contribution is -0.189. The summed E-state index contributed by atoms with van der Waals surface area (Å²) in [6.45, 7) is 8.82. The molecule has 4 heterocycles. The summed E-state index contributed by atoms with van der Waals surface area (Å²) in [7, 11) is 0. The van der Waals surface area contributed by atoms with E-state index in [1.54, 1.807) is 40.2 Å². The number of ether oxygens (including phenoxy) is 3. The van der Waals surface area contributed by atoms with Gasteiger partial charge in [-0.25, -0.2) is 19.0 Å². The van der Waals surface area contributed by atoms with E-state index in [-0.39, 0.29) is 17.8 Å². The SMILES string of the molecule is CCCCC(C)n1ncn(-c2ccc(N3CCN(c4ccc(OC[C@@H]5CO[C@@](Cn6ccnc6)(c6ccc(Cl)cc6Cl)O5)cc4)CC3)cc2)c1=O. The molecule has 5 aromatic rings. The number of nitrogens with zero attached hydrogens (tertiary/aromatic N) is 7. The second-order valence-electron chi connectivity index (χ2n) is 13.2. The lowest BCUT2D eigenvalue weighted by Gasteiger charge is -2.37. The number of anilines is 2. The summed E-state index contributed by atoms with van der Waals surface area (Å²) in [6, 6.07) is 21.8. The molecule has 3 aromatic carbocycles. The van der Waals surface area contributed by atoms with Gasteiger partial charge in [-0.2, -0.15) is 5.10 Å². The third kappa shape index (κ3) is 7.82. The number of aromatic nitrogens is 5. The molecule has 0 amide bonds. The van der Waals surface area contributed by atoms with E-state index in [4.69, 9.17) is 37.4 Å². The van der Waals surface area contributed by atoms with Crippen molar-refractivity contribution >= 4 is 34.6 Å². The second kappa shape index (κ2) is 15.5. The predicted octanol–water partition coefficient (Wildman–Crippen LogP) is 6.96. The summed E-state index contributed by atoms with van der Waals surface area (Å²) < 4.78 is 24.1. The third-order valence-corrected chi connectivity index (χ3v) is 10.2. The van der Waals surface area contributed by atoms with Gasteiger partial charge in [0.15, 0.2) is 0 Å². The van der Waals surface area contributed by atoms with Gasteiger partial charge in [-0.1, -0.05) is 49.0 Å². The smallest absolute Gasteiger partial charge is 0.350 e. The Morgan fingerprint density at radius 2 is 1.63 bits per heavy atom. The van der Waals surface area contributed by atoms with Crippen LogP contribution in [0.5, 0.6) is 5.75 Å². The molecular formula is C38H43Cl2N7O4. The second-order valence-corrected chi connectivity index (χ2v) is 14.0. The summed E-state index contributed by atoms with van der Waals surface area (Å²) >= 11 is 12.8. The van der Waals surface area contributed by atoms with Crippen LogP contribution in [0.2, 0.25) is 10.0 Å². The van der Waals surface area contributed by atoms with Crippen LogP contribution in [0.4, 0.5) is 11.4 Å². The fraction of sp³-hybridized carbons (Fsp3) is 0.395. The number of benzene rings is 3. The van der Waals surface area contributed by atoms with E-state index in [9.17, 15) is 4.79 Å². The molecule has 2 aliphatic rings. The van der Waals surface area contributed by atoms with Crippen molar-refractivity contribution in [2.24, 2.45) is 0 Å². The molecule has 1 unspecified atom stereocenters. The fourth-order valence-corrected chi connectivity index (χ4v) is 7.33. The molecule has 0 bridgehead atoms. The van der Waals surface area contributed by atoms with Gasteiger partial charge >= 0.3 is 5.69 Å². The Kier molecular flexibility index (Phi) is 10.7. The lowest BCUT2D eigenvalue weighted by atomic mass is 10.1. The largest absolute Gasteiger partial charge is 0.491 e. The van der Waals surface area contributed by atoms with Crippen molar-refractivity contribution in [3.05, 3.63) is 118 Å². The first-order valence-corrected chi connectivity index (χ1v) is 18.3. The summed E-state index contributed by atoms with van der Waals surface area (Å²) in [4.78, 5) is 21.9. The highest BCUT2D eigenvalue weighted by Gasteiger charge is 2.45. The Labute approximate surface area is 307 Å². The van der Waals surface area contributed by atoms with E-state index >= 15 is 0 Å². The van der Waals surface area contributed by atoms with E-state index in [1.807, 2.05) is 41.1 Å². The van der Waals surface area contributed by atoms with Crippen molar-refractivity contribution in [1.29, 1.82) is 0 Å². The predicted molar refractivity (Wildman–Crippen MR) is 200 cm³/mol. The number of rotatable bonds is 13. The van der Waals surface area contributed by atoms with Gasteiger partial charge in [0.25, 0.3) is 0 Å². The molecular weight excluding hydrogens is 689 g/mol. The van der Waals surface area contributed by atoms with Crippen LogP contribution in [-0.2, 0) is 21.8 Å². The first-order valence-electron chi connectivity index (χ1n) is 17.5. The molecule has 268 valence electrons. The van der Waals surface area contributed by atoms with Crippen molar-refractivity contribution < 1.29 is 14.2 Å². The fourth-order valence-electron chi connectivity index (χ4n) is 6.78. The third-order valence-electron chi connectivity index (χ3n) is 9.65. The number of hydrogen-bond donors (Lipinski definition) is 0. The molecule has 2 fully saturated rings. The van der Waals surface area contributed by atoms with Gasteiger partial charge in [0, 0.05) is 60.5 Å². The van der Waals surface area contributed by atoms with Crippen molar-refractivity contribution in [3.8, 4) is 11.4 Å². The van der Waals surface area contributed by atoms with E-state index in [2.05, 4.69) is 58.0 Å². The van der Waals surface area contributed by atoms with Crippen molar-refractivity contribution in [2.75, 3.05) is 49.2 Å². The zero-order valence-corrected chi connectivity index (χ0v) is 30.4. The van der Waals surface area contributed by atoms with Crippen molar-refractivity contribution in [2.45, 2.75) is 57.6 Å². The molecule has 13 heteroatoms. The highest BCUT2D eigenvalue weighted by Crippen LogP contribution is 2.40. The van der Waals surface area contributed by atoms with Gasteiger partial charge < -0.3 is 28.6 Å². The summed E-state index contributed by atoms with van der Waals surface area (Å²) in [6.07, 6.45) is 9.74. The van der Waals surface area contributed by atoms with Crippen molar-refractivity contribution in [3.63, 3.8) is 0 Å². The van der Waals surface area contributed by atoms with Crippen LogP contribution < -0.4 is 20.2 Å². The van der Waals surface area contributed by atoms with Gasteiger partial charge in [-0.05, 0) is 74.0 Å². The molecule has 0 radical (unpaired) electrons. The molecule has 51 heavy (non-hydrogen) atoms. The monoisotopic (exact) mass is 731 g/mol. The number of imidazole rings is 1. The van der Waals surface area contributed by atoms with Crippen LogP contribution in [-0.4, -0.2) is 69.4 Å². The van der Waals surface area contributed by atoms with Gasteiger partial charge in [0.2, 0.25) is 5.79 Å². The minimum absolute atomic E-state index is 0.0847. The summed E-state index contributed by atoms with van der Waals surface area (Å²) in [5.41, 5.74) is 3.73. The van der Waals surface area contributed by atoms with Crippen LogP contribution in [0.1, 0.15) is 44.7 Å². The maximum Gasteiger partial charge on any atom is 0.350 e. The molecule has 11 nitrogen and oxygen atoms in total. The molecule has 0 N–H and O–H groups in total. The minimum Gasteiger partial charge on any atom is -0.491 e.